The van der Waals surface area contributed by atoms with E-state index in [0.29, 0.717) is 6.04 Å². The van der Waals surface area contributed by atoms with Gasteiger partial charge in [-0.05, 0) is 52.9 Å². The third kappa shape index (κ3) is 5.54. The largest absolute Gasteiger partial charge is 0.379 e. The fraction of sp³-hybridized carbons (Fsp3) is 0.733. The van der Waals surface area contributed by atoms with E-state index in [2.05, 4.69) is 61.1 Å². The molecule has 2 atom stereocenters. The Morgan fingerprint density at radius 2 is 2.05 bits per heavy atom. The summed E-state index contributed by atoms with van der Waals surface area (Å²) in [7, 11) is 1.82. The van der Waals surface area contributed by atoms with Crippen molar-refractivity contribution in [2.75, 3.05) is 13.7 Å². The van der Waals surface area contributed by atoms with E-state index in [1.54, 1.807) is 0 Å². The number of halogens is 1. The van der Waals surface area contributed by atoms with Gasteiger partial charge in [-0.25, -0.2) is 0 Å². The SMILES string of the molecule is CCCNC(Cc1ccc(Br)s1)C(OC)C(C)(C)C. The van der Waals surface area contributed by atoms with Gasteiger partial charge in [0.25, 0.3) is 0 Å². The zero-order valence-corrected chi connectivity index (χ0v) is 15.0. The lowest BCUT2D eigenvalue weighted by molar-refractivity contribution is -0.0107. The highest BCUT2D eigenvalue weighted by Gasteiger charge is 2.32. The fourth-order valence-corrected chi connectivity index (χ4v) is 3.96. The summed E-state index contributed by atoms with van der Waals surface area (Å²) >= 11 is 5.34. The lowest BCUT2D eigenvalue weighted by Crippen LogP contribution is -2.49. The molecule has 0 fully saturated rings. The first kappa shape index (κ1) is 17.2. The predicted octanol–water partition coefficient (Wildman–Crippen LogP) is 4.48. The Kier molecular flexibility index (Phi) is 7.01. The van der Waals surface area contributed by atoms with Crippen molar-refractivity contribution in [1.29, 1.82) is 0 Å². The summed E-state index contributed by atoms with van der Waals surface area (Å²) in [6.45, 7) is 9.96. The van der Waals surface area contributed by atoms with Crippen LogP contribution in [0.4, 0.5) is 0 Å². The van der Waals surface area contributed by atoms with Crippen LogP contribution >= 0.6 is 27.3 Å². The molecule has 1 rings (SSSR count). The zero-order valence-electron chi connectivity index (χ0n) is 12.6. The molecule has 0 aliphatic rings. The van der Waals surface area contributed by atoms with Gasteiger partial charge in [0, 0.05) is 18.0 Å². The van der Waals surface area contributed by atoms with Gasteiger partial charge < -0.3 is 10.1 Å². The van der Waals surface area contributed by atoms with Crippen LogP contribution in [0.3, 0.4) is 0 Å². The van der Waals surface area contributed by atoms with Crippen molar-refractivity contribution in [2.45, 2.75) is 52.7 Å². The van der Waals surface area contributed by atoms with E-state index in [4.69, 9.17) is 4.74 Å². The van der Waals surface area contributed by atoms with Crippen LogP contribution < -0.4 is 5.32 Å². The highest BCUT2D eigenvalue weighted by Crippen LogP contribution is 2.29. The van der Waals surface area contributed by atoms with Gasteiger partial charge in [0.1, 0.15) is 0 Å². The molecular weight excluding hydrogens is 322 g/mol. The highest BCUT2D eigenvalue weighted by atomic mass is 79.9. The van der Waals surface area contributed by atoms with Crippen LogP contribution in [0.25, 0.3) is 0 Å². The Hall–Kier alpha value is 0.1000. The van der Waals surface area contributed by atoms with Crippen molar-refractivity contribution < 1.29 is 4.74 Å². The molecule has 0 radical (unpaired) electrons. The predicted molar refractivity (Wildman–Crippen MR) is 88.1 cm³/mol. The molecule has 0 saturated heterocycles. The van der Waals surface area contributed by atoms with E-state index < -0.39 is 0 Å². The third-order valence-corrected chi connectivity index (χ3v) is 4.83. The molecule has 2 unspecified atom stereocenters. The van der Waals surface area contributed by atoms with Gasteiger partial charge >= 0.3 is 0 Å². The summed E-state index contributed by atoms with van der Waals surface area (Å²) in [5.74, 6) is 0. The zero-order chi connectivity index (χ0) is 14.5. The molecule has 0 aliphatic carbocycles. The van der Waals surface area contributed by atoms with Crippen molar-refractivity contribution in [2.24, 2.45) is 5.41 Å². The Morgan fingerprint density at radius 3 is 2.47 bits per heavy atom. The fourth-order valence-electron chi connectivity index (χ4n) is 2.42. The number of methoxy groups -OCH3 is 1. The Balaban J connectivity index is 2.80. The van der Waals surface area contributed by atoms with Crippen molar-refractivity contribution in [3.05, 3.63) is 20.8 Å². The van der Waals surface area contributed by atoms with Gasteiger partial charge in [-0.15, -0.1) is 11.3 Å². The molecule has 1 aromatic rings. The van der Waals surface area contributed by atoms with E-state index >= 15 is 0 Å². The second-order valence-electron chi connectivity index (χ2n) is 5.99. The van der Waals surface area contributed by atoms with Crippen LogP contribution in [0.5, 0.6) is 0 Å². The summed E-state index contributed by atoms with van der Waals surface area (Å²) in [5, 5.41) is 3.65. The van der Waals surface area contributed by atoms with E-state index in [-0.39, 0.29) is 11.5 Å². The first-order valence-electron chi connectivity index (χ1n) is 6.89. The Bertz CT molecular complexity index is 372. The summed E-state index contributed by atoms with van der Waals surface area (Å²) in [6.07, 6.45) is 2.37. The summed E-state index contributed by atoms with van der Waals surface area (Å²) in [5.41, 5.74) is 0.134. The van der Waals surface area contributed by atoms with Gasteiger partial charge in [-0.1, -0.05) is 27.7 Å². The number of hydrogen-bond donors (Lipinski definition) is 1. The third-order valence-electron chi connectivity index (χ3n) is 3.18. The summed E-state index contributed by atoms with van der Waals surface area (Å²) < 4.78 is 6.98. The van der Waals surface area contributed by atoms with Crippen LogP contribution in [-0.2, 0) is 11.2 Å². The summed E-state index contributed by atoms with van der Waals surface area (Å²) in [4.78, 5) is 1.40. The second kappa shape index (κ2) is 7.77. The van der Waals surface area contributed by atoms with E-state index in [1.807, 2.05) is 18.4 Å². The van der Waals surface area contributed by atoms with Crippen LogP contribution in [0, 0.1) is 5.41 Å². The maximum Gasteiger partial charge on any atom is 0.0775 e. The minimum Gasteiger partial charge on any atom is -0.379 e. The molecule has 1 aromatic heterocycles. The van der Waals surface area contributed by atoms with E-state index in [9.17, 15) is 0 Å². The van der Waals surface area contributed by atoms with Gasteiger partial charge in [-0.3, -0.25) is 0 Å². The quantitative estimate of drug-likeness (QED) is 0.784. The Labute approximate surface area is 130 Å². The topological polar surface area (TPSA) is 21.3 Å². The molecule has 110 valence electrons. The van der Waals surface area contributed by atoms with Gasteiger partial charge in [0.2, 0.25) is 0 Å². The van der Waals surface area contributed by atoms with Crippen molar-refractivity contribution in [1.82, 2.24) is 5.32 Å². The average molecular weight is 348 g/mol. The van der Waals surface area contributed by atoms with Crippen molar-refractivity contribution in [3.8, 4) is 0 Å². The second-order valence-corrected chi connectivity index (χ2v) is 8.54. The molecule has 0 aliphatic heterocycles. The van der Waals surface area contributed by atoms with Gasteiger partial charge in [-0.2, -0.15) is 0 Å². The first-order valence-corrected chi connectivity index (χ1v) is 8.49. The maximum atomic E-state index is 5.78. The molecule has 0 spiro atoms. The van der Waals surface area contributed by atoms with Gasteiger partial charge in [0.05, 0.1) is 9.89 Å². The molecule has 4 heteroatoms. The molecule has 0 bridgehead atoms. The van der Waals surface area contributed by atoms with Crippen molar-refractivity contribution >= 4 is 27.3 Å². The average Bonchev–Trinajstić information content (AvgIpc) is 2.70. The smallest absolute Gasteiger partial charge is 0.0775 e. The number of thiophene rings is 1. The normalized spacial score (nSPS) is 15.5. The van der Waals surface area contributed by atoms with Crippen LogP contribution in [-0.4, -0.2) is 25.8 Å². The number of rotatable bonds is 7. The maximum absolute atomic E-state index is 5.78. The minimum absolute atomic E-state index is 0.134. The Morgan fingerprint density at radius 1 is 1.37 bits per heavy atom. The molecule has 0 amide bonds. The molecule has 0 aromatic carbocycles. The standard InChI is InChI=1S/C15H26BrNOS/c1-6-9-17-12(14(18-5)15(2,3)4)10-11-7-8-13(16)19-11/h7-8,12,14,17H,6,9-10H2,1-5H3. The van der Waals surface area contributed by atoms with E-state index in [1.165, 1.54) is 8.66 Å². The first-order chi connectivity index (χ1) is 8.88. The number of nitrogens with one attached hydrogen (secondary N) is 1. The number of ether oxygens (including phenoxy) is 1. The lowest BCUT2D eigenvalue weighted by atomic mass is 9.83. The molecule has 1 heterocycles. The highest BCUT2D eigenvalue weighted by molar-refractivity contribution is 9.11. The van der Waals surface area contributed by atoms with E-state index in [0.717, 1.165) is 19.4 Å². The monoisotopic (exact) mass is 347 g/mol. The van der Waals surface area contributed by atoms with Crippen molar-refractivity contribution in [3.63, 3.8) is 0 Å². The molecule has 19 heavy (non-hydrogen) atoms. The van der Waals surface area contributed by atoms with Gasteiger partial charge in [0.15, 0.2) is 0 Å². The molecular formula is C15H26BrNOS. The lowest BCUT2D eigenvalue weighted by Gasteiger charge is -2.36. The summed E-state index contributed by atoms with van der Waals surface area (Å²) in [6, 6.07) is 4.68. The van der Waals surface area contributed by atoms with Crippen LogP contribution in [0.15, 0.2) is 15.9 Å². The molecule has 1 N–H and O–H groups in total. The van der Waals surface area contributed by atoms with Crippen LogP contribution in [0.1, 0.15) is 39.0 Å². The number of hydrogen-bond acceptors (Lipinski definition) is 3. The molecule has 2 nitrogen and oxygen atoms in total. The minimum atomic E-state index is 0.134. The molecule has 0 saturated carbocycles. The van der Waals surface area contributed by atoms with Crippen LogP contribution in [0.2, 0.25) is 0 Å².